The Morgan fingerprint density at radius 3 is 2.65 bits per heavy atom. The smallest absolute Gasteiger partial charge is 0.168 e. The summed E-state index contributed by atoms with van der Waals surface area (Å²) in [4.78, 5) is 3.94. The third kappa shape index (κ3) is 2.16. The average Bonchev–Trinajstić information content (AvgIpc) is 2.93. The van der Waals surface area contributed by atoms with Gasteiger partial charge in [0.1, 0.15) is 5.82 Å². The normalized spacial score (nSPS) is 10.8. The van der Waals surface area contributed by atoms with Gasteiger partial charge in [-0.1, -0.05) is 0 Å². The number of H-pyrrole nitrogens is 1. The van der Waals surface area contributed by atoms with Crippen LogP contribution in [0.3, 0.4) is 0 Å². The van der Waals surface area contributed by atoms with E-state index >= 15 is 0 Å². The first-order chi connectivity index (χ1) is 9.65. The highest BCUT2D eigenvalue weighted by molar-refractivity contribution is 5.68. The number of pyridine rings is 1. The molecule has 0 saturated heterocycles. The molecule has 3 aromatic rings. The fourth-order valence-electron chi connectivity index (χ4n) is 1.87. The van der Waals surface area contributed by atoms with Crippen molar-refractivity contribution < 1.29 is 13.2 Å². The van der Waals surface area contributed by atoms with Crippen LogP contribution in [0.1, 0.15) is 0 Å². The molecule has 0 saturated carbocycles. The van der Waals surface area contributed by atoms with Crippen molar-refractivity contribution in [1.29, 1.82) is 0 Å². The lowest BCUT2D eigenvalue weighted by Crippen LogP contribution is -1.92. The van der Waals surface area contributed by atoms with E-state index in [2.05, 4.69) is 15.2 Å². The molecule has 1 N–H and O–H groups in total. The second-order valence-corrected chi connectivity index (χ2v) is 4.16. The molecule has 0 unspecified atom stereocenters. The zero-order valence-electron chi connectivity index (χ0n) is 10.1. The van der Waals surface area contributed by atoms with Crippen LogP contribution in [0.4, 0.5) is 13.2 Å². The molecule has 0 atom stereocenters. The summed E-state index contributed by atoms with van der Waals surface area (Å²) in [6.45, 7) is 0. The third-order valence-electron chi connectivity index (χ3n) is 2.82. The molecule has 0 amide bonds. The number of halogens is 3. The summed E-state index contributed by atoms with van der Waals surface area (Å²) in [5.41, 5.74) is 1.22. The molecule has 0 aliphatic carbocycles. The molecule has 3 nitrogen and oxygen atoms in total. The molecule has 100 valence electrons. The standard InChI is InChI=1S/C14H8F3N3/c15-9-4-10(14(17)11(16)5-9)13-6-12(19-20-13)8-2-1-3-18-7-8/h1-7H,(H,19,20). The minimum atomic E-state index is -1.24. The Labute approximate surface area is 112 Å². The van der Waals surface area contributed by atoms with Crippen LogP contribution in [0, 0.1) is 17.5 Å². The number of nitrogens with zero attached hydrogens (tertiary/aromatic N) is 2. The predicted molar refractivity (Wildman–Crippen MR) is 67.1 cm³/mol. The Bertz CT molecular complexity index is 754. The van der Waals surface area contributed by atoms with Crippen LogP contribution in [-0.4, -0.2) is 15.2 Å². The fraction of sp³-hybridized carbons (Fsp3) is 0. The Balaban J connectivity index is 2.07. The highest BCUT2D eigenvalue weighted by atomic mass is 19.2. The van der Waals surface area contributed by atoms with Crippen molar-refractivity contribution in [1.82, 2.24) is 15.2 Å². The molecule has 3 rings (SSSR count). The van der Waals surface area contributed by atoms with E-state index in [1.807, 2.05) is 0 Å². The van der Waals surface area contributed by atoms with E-state index in [0.29, 0.717) is 17.3 Å². The largest absolute Gasteiger partial charge is 0.277 e. The molecule has 6 heteroatoms. The molecule has 20 heavy (non-hydrogen) atoms. The lowest BCUT2D eigenvalue weighted by Gasteiger charge is -2.01. The molecule has 2 aromatic heterocycles. The van der Waals surface area contributed by atoms with Gasteiger partial charge in [0.25, 0.3) is 0 Å². The SMILES string of the molecule is Fc1cc(F)c(F)c(-c2cc(-c3cccnc3)n[nH]2)c1. The van der Waals surface area contributed by atoms with Crippen LogP contribution in [0.15, 0.2) is 42.7 Å². The van der Waals surface area contributed by atoms with E-state index in [0.717, 1.165) is 6.07 Å². The summed E-state index contributed by atoms with van der Waals surface area (Å²) in [7, 11) is 0. The summed E-state index contributed by atoms with van der Waals surface area (Å²) >= 11 is 0. The summed E-state index contributed by atoms with van der Waals surface area (Å²) in [5.74, 6) is -3.21. The van der Waals surface area contributed by atoms with E-state index < -0.39 is 17.5 Å². The molecule has 1 aromatic carbocycles. The summed E-state index contributed by atoms with van der Waals surface area (Å²) < 4.78 is 40.0. The van der Waals surface area contributed by atoms with E-state index in [-0.39, 0.29) is 11.3 Å². The monoisotopic (exact) mass is 275 g/mol. The zero-order valence-corrected chi connectivity index (χ0v) is 10.1. The van der Waals surface area contributed by atoms with Gasteiger partial charge < -0.3 is 0 Å². The topological polar surface area (TPSA) is 41.6 Å². The van der Waals surface area contributed by atoms with Gasteiger partial charge in [0.05, 0.1) is 11.4 Å². The van der Waals surface area contributed by atoms with Crippen LogP contribution in [-0.2, 0) is 0 Å². The first-order valence-electron chi connectivity index (χ1n) is 5.76. The number of aromatic amines is 1. The van der Waals surface area contributed by atoms with Crippen molar-refractivity contribution in [2.75, 3.05) is 0 Å². The minimum absolute atomic E-state index is 0.194. The van der Waals surface area contributed by atoms with Crippen molar-refractivity contribution in [3.05, 3.63) is 60.2 Å². The van der Waals surface area contributed by atoms with Crippen molar-refractivity contribution in [3.63, 3.8) is 0 Å². The number of nitrogens with one attached hydrogen (secondary N) is 1. The fourth-order valence-corrected chi connectivity index (χ4v) is 1.87. The summed E-state index contributed by atoms with van der Waals surface area (Å²) in [6.07, 6.45) is 3.20. The summed E-state index contributed by atoms with van der Waals surface area (Å²) in [5, 5.41) is 6.55. The molecule has 2 heterocycles. The highest BCUT2D eigenvalue weighted by Crippen LogP contribution is 2.27. The van der Waals surface area contributed by atoms with Crippen LogP contribution in [0.5, 0.6) is 0 Å². The van der Waals surface area contributed by atoms with Crippen LogP contribution in [0.2, 0.25) is 0 Å². The predicted octanol–water partition coefficient (Wildman–Crippen LogP) is 3.56. The third-order valence-corrected chi connectivity index (χ3v) is 2.82. The molecule has 0 aliphatic heterocycles. The molecule has 0 bridgehead atoms. The Morgan fingerprint density at radius 1 is 1.05 bits per heavy atom. The Kier molecular flexibility index (Phi) is 2.98. The summed E-state index contributed by atoms with van der Waals surface area (Å²) in [6, 6.07) is 6.42. The van der Waals surface area contributed by atoms with E-state index in [4.69, 9.17) is 0 Å². The van der Waals surface area contributed by atoms with Gasteiger partial charge in [0.2, 0.25) is 0 Å². The van der Waals surface area contributed by atoms with Crippen LogP contribution < -0.4 is 0 Å². The number of aromatic nitrogens is 3. The molecule has 0 radical (unpaired) electrons. The van der Waals surface area contributed by atoms with Gasteiger partial charge in [-0.25, -0.2) is 13.2 Å². The minimum Gasteiger partial charge on any atom is -0.277 e. The number of hydrogen-bond acceptors (Lipinski definition) is 2. The van der Waals surface area contributed by atoms with Gasteiger partial charge in [0.15, 0.2) is 11.6 Å². The molecule has 0 fully saturated rings. The van der Waals surface area contributed by atoms with Crippen LogP contribution >= 0.6 is 0 Å². The zero-order chi connectivity index (χ0) is 14.1. The van der Waals surface area contributed by atoms with Crippen molar-refractivity contribution in [2.24, 2.45) is 0 Å². The average molecular weight is 275 g/mol. The lowest BCUT2D eigenvalue weighted by molar-refractivity contribution is 0.497. The van der Waals surface area contributed by atoms with Crippen LogP contribution in [0.25, 0.3) is 22.5 Å². The Hall–Kier alpha value is -2.63. The second-order valence-electron chi connectivity index (χ2n) is 4.16. The maximum absolute atomic E-state index is 13.7. The number of hydrogen-bond donors (Lipinski definition) is 1. The first-order valence-corrected chi connectivity index (χ1v) is 5.76. The Morgan fingerprint density at radius 2 is 1.90 bits per heavy atom. The van der Waals surface area contributed by atoms with Gasteiger partial charge in [-0.3, -0.25) is 10.1 Å². The first kappa shape index (κ1) is 12.4. The lowest BCUT2D eigenvalue weighted by atomic mass is 10.1. The number of rotatable bonds is 2. The number of benzene rings is 1. The van der Waals surface area contributed by atoms with Crippen molar-refractivity contribution >= 4 is 0 Å². The van der Waals surface area contributed by atoms with E-state index in [1.54, 1.807) is 24.5 Å². The quantitative estimate of drug-likeness (QED) is 0.726. The maximum Gasteiger partial charge on any atom is 0.168 e. The van der Waals surface area contributed by atoms with Gasteiger partial charge >= 0.3 is 0 Å². The maximum atomic E-state index is 13.7. The molecular weight excluding hydrogens is 267 g/mol. The van der Waals surface area contributed by atoms with Gasteiger partial charge in [0, 0.05) is 29.6 Å². The van der Waals surface area contributed by atoms with Gasteiger partial charge in [-0.05, 0) is 24.3 Å². The highest BCUT2D eigenvalue weighted by Gasteiger charge is 2.15. The molecule has 0 spiro atoms. The van der Waals surface area contributed by atoms with Gasteiger partial charge in [-0.2, -0.15) is 5.10 Å². The van der Waals surface area contributed by atoms with Crippen molar-refractivity contribution in [3.8, 4) is 22.5 Å². The van der Waals surface area contributed by atoms with Crippen molar-refractivity contribution in [2.45, 2.75) is 0 Å². The second kappa shape index (κ2) is 4.80. The molecule has 0 aliphatic rings. The molecular formula is C14H8F3N3. The van der Waals surface area contributed by atoms with E-state index in [1.165, 1.54) is 6.07 Å². The van der Waals surface area contributed by atoms with E-state index in [9.17, 15) is 13.2 Å². The van der Waals surface area contributed by atoms with Gasteiger partial charge in [-0.15, -0.1) is 0 Å².